The fourth-order valence-corrected chi connectivity index (χ4v) is 1.47. The Morgan fingerprint density at radius 3 is 2.61 bits per heavy atom. The summed E-state index contributed by atoms with van der Waals surface area (Å²) in [5.41, 5.74) is 1.04. The summed E-state index contributed by atoms with van der Waals surface area (Å²) >= 11 is 0. The van der Waals surface area contributed by atoms with Crippen LogP contribution in [0.25, 0.3) is 0 Å². The van der Waals surface area contributed by atoms with Crippen LogP contribution in [-0.4, -0.2) is 30.3 Å². The van der Waals surface area contributed by atoms with Gasteiger partial charge in [-0.05, 0) is 5.56 Å². The van der Waals surface area contributed by atoms with Gasteiger partial charge in [-0.15, -0.1) is 6.58 Å². The van der Waals surface area contributed by atoms with Crippen LogP contribution >= 0.6 is 0 Å². The standard InChI is InChI=1S/C14H18N2O2/c1-3-9-15-13(17)10-14(18)16(2)11-12-7-5-4-6-8-12/h3-8H,1,9-11H2,2H3,(H,15,17). The minimum atomic E-state index is -0.278. The van der Waals surface area contributed by atoms with Crippen molar-refractivity contribution in [3.8, 4) is 0 Å². The number of benzene rings is 1. The first-order valence-electron chi connectivity index (χ1n) is 5.79. The molecule has 0 aliphatic heterocycles. The summed E-state index contributed by atoms with van der Waals surface area (Å²) in [4.78, 5) is 24.7. The molecule has 4 heteroatoms. The molecule has 0 fully saturated rings. The average molecular weight is 246 g/mol. The van der Waals surface area contributed by atoms with Crippen molar-refractivity contribution in [2.75, 3.05) is 13.6 Å². The van der Waals surface area contributed by atoms with Crippen LogP contribution in [-0.2, 0) is 16.1 Å². The van der Waals surface area contributed by atoms with Gasteiger partial charge in [-0.3, -0.25) is 9.59 Å². The maximum absolute atomic E-state index is 11.8. The molecule has 0 radical (unpaired) electrons. The molecule has 0 atom stereocenters. The lowest BCUT2D eigenvalue weighted by atomic mass is 10.2. The molecule has 2 amide bonds. The highest BCUT2D eigenvalue weighted by Crippen LogP contribution is 2.03. The first kappa shape index (κ1) is 14.0. The van der Waals surface area contributed by atoms with Crippen LogP contribution in [0.5, 0.6) is 0 Å². The Kier molecular flexibility index (Phi) is 5.64. The number of amides is 2. The topological polar surface area (TPSA) is 49.4 Å². The molecule has 1 rings (SSSR count). The molecule has 0 aromatic heterocycles. The molecule has 1 N–H and O–H groups in total. The van der Waals surface area contributed by atoms with Gasteiger partial charge in [-0.1, -0.05) is 36.4 Å². The number of rotatable bonds is 6. The Balaban J connectivity index is 2.42. The summed E-state index contributed by atoms with van der Waals surface area (Å²) in [6, 6.07) is 9.66. The number of nitrogens with zero attached hydrogens (tertiary/aromatic N) is 1. The summed E-state index contributed by atoms with van der Waals surface area (Å²) in [6.45, 7) is 4.38. The van der Waals surface area contributed by atoms with Gasteiger partial charge in [0.05, 0.1) is 0 Å². The predicted octanol–water partition coefficient (Wildman–Crippen LogP) is 1.34. The van der Waals surface area contributed by atoms with Crippen molar-refractivity contribution >= 4 is 11.8 Å². The molecular weight excluding hydrogens is 228 g/mol. The van der Waals surface area contributed by atoms with E-state index in [1.807, 2.05) is 30.3 Å². The molecule has 0 spiro atoms. The van der Waals surface area contributed by atoms with E-state index in [4.69, 9.17) is 0 Å². The average Bonchev–Trinajstić information content (AvgIpc) is 2.37. The third-order valence-electron chi connectivity index (χ3n) is 2.44. The summed E-state index contributed by atoms with van der Waals surface area (Å²) in [6.07, 6.45) is 1.45. The van der Waals surface area contributed by atoms with E-state index in [9.17, 15) is 9.59 Å². The number of nitrogens with one attached hydrogen (secondary N) is 1. The quantitative estimate of drug-likeness (QED) is 0.608. The minimum Gasteiger partial charge on any atom is -0.352 e. The zero-order valence-electron chi connectivity index (χ0n) is 10.6. The minimum absolute atomic E-state index is 0.128. The molecule has 0 saturated carbocycles. The van der Waals surface area contributed by atoms with E-state index in [0.717, 1.165) is 5.56 Å². The highest BCUT2D eigenvalue weighted by atomic mass is 16.2. The number of carbonyl (C=O) groups is 2. The van der Waals surface area contributed by atoms with E-state index >= 15 is 0 Å². The normalized spacial score (nSPS) is 9.61. The molecule has 0 aliphatic carbocycles. The van der Waals surface area contributed by atoms with Gasteiger partial charge in [0.1, 0.15) is 6.42 Å². The zero-order valence-corrected chi connectivity index (χ0v) is 10.6. The highest BCUT2D eigenvalue weighted by Gasteiger charge is 2.13. The summed E-state index contributed by atoms with van der Waals surface area (Å²) in [5, 5.41) is 2.58. The molecule has 0 unspecified atom stereocenters. The van der Waals surface area contributed by atoms with Crippen LogP contribution < -0.4 is 5.32 Å². The van der Waals surface area contributed by atoms with E-state index in [0.29, 0.717) is 13.1 Å². The van der Waals surface area contributed by atoms with Gasteiger partial charge >= 0.3 is 0 Å². The van der Waals surface area contributed by atoms with E-state index in [1.165, 1.54) is 0 Å². The first-order valence-corrected chi connectivity index (χ1v) is 5.79. The maximum atomic E-state index is 11.8. The van der Waals surface area contributed by atoms with Gasteiger partial charge in [0.2, 0.25) is 11.8 Å². The molecule has 0 aliphatic rings. The van der Waals surface area contributed by atoms with Gasteiger partial charge < -0.3 is 10.2 Å². The number of hydrogen-bond donors (Lipinski definition) is 1. The van der Waals surface area contributed by atoms with E-state index in [2.05, 4.69) is 11.9 Å². The van der Waals surface area contributed by atoms with Gasteiger partial charge in [0.25, 0.3) is 0 Å². The summed E-state index contributed by atoms with van der Waals surface area (Å²) in [7, 11) is 1.69. The Morgan fingerprint density at radius 1 is 1.33 bits per heavy atom. The fraction of sp³-hybridized carbons (Fsp3) is 0.286. The van der Waals surface area contributed by atoms with E-state index in [1.54, 1.807) is 18.0 Å². The van der Waals surface area contributed by atoms with Crippen molar-refractivity contribution in [2.45, 2.75) is 13.0 Å². The van der Waals surface area contributed by atoms with Gasteiger partial charge in [-0.25, -0.2) is 0 Å². The van der Waals surface area contributed by atoms with Crippen LogP contribution in [0.3, 0.4) is 0 Å². The van der Waals surface area contributed by atoms with E-state index in [-0.39, 0.29) is 18.2 Å². The molecular formula is C14H18N2O2. The predicted molar refractivity (Wildman–Crippen MR) is 70.7 cm³/mol. The third kappa shape index (κ3) is 4.82. The number of hydrogen-bond acceptors (Lipinski definition) is 2. The molecule has 4 nitrogen and oxygen atoms in total. The Labute approximate surface area is 107 Å². The van der Waals surface area contributed by atoms with Crippen molar-refractivity contribution in [2.24, 2.45) is 0 Å². The summed E-state index contributed by atoms with van der Waals surface area (Å²) in [5.74, 6) is -0.472. The second-order valence-electron chi connectivity index (χ2n) is 4.00. The van der Waals surface area contributed by atoms with Crippen LogP contribution in [0.1, 0.15) is 12.0 Å². The van der Waals surface area contributed by atoms with Gasteiger partial charge in [0, 0.05) is 20.1 Å². The first-order chi connectivity index (χ1) is 8.63. The lowest BCUT2D eigenvalue weighted by Crippen LogP contribution is -2.33. The highest BCUT2D eigenvalue weighted by molar-refractivity contribution is 5.96. The molecule has 0 bridgehead atoms. The second-order valence-corrected chi connectivity index (χ2v) is 4.00. The second kappa shape index (κ2) is 7.27. The van der Waals surface area contributed by atoms with Gasteiger partial charge in [0.15, 0.2) is 0 Å². The largest absolute Gasteiger partial charge is 0.352 e. The number of carbonyl (C=O) groups excluding carboxylic acids is 2. The van der Waals surface area contributed by atoms with Crippen LogP contribution in [0.4, 0.5) is 0 Å². The zero-order chi connectivity index (χ0) is 13.4. The molecule has 1 aromatic carbocycles. The van der Waals surface area contributed by atoms with E-state index < -0.39 is 0 Å². The fourth-order valence-electron chi connectivity index (χ4n) is 1.47. The SMILES string of the molecule is C=CCNC(=O)CC(=O)N(C)Cc1ccccc1. The van der Waals surface area contributed by atoms with Crippen LogP contribution in [0.2, 0.25) is 0 Å². The monoisotopic (exact) mass is 246 g/mol. The lowest BCUT2D eigenvalue weighted by Gasteiger charge is -2.16. The van der Waals surface area contributed by atoms with Crippen molar-refractivity contribution in [1.82, 2.24) is 10.2 Å². The van der Waals surface area contributed by atoms with Gasteiger partial charge in [-0.2, -0.15) is 0 Å². The van der Waals surface area contributed by atoms with Crippen LogP contribution in [0, 0.1) is 0 Å². The molecule has 0 heterocycles. The molecule has 96 valence electrons. The molecule has 0 saturated heterocycles. The lowest BCUT2D eigenvalue weighted by molar-refractivity contribution is -0.135. The van der Waals surface area contributed by atoms with Crippen molar-refractivity contribution in [1.29, 1.82) is 0 Å². The van der Waals surface area contributed by atoms with Crippen molar-refractivity contribution in [3.63, 3.8) is 0 Å². The molecule has 18 heavy (non-hydrogen) atoms. The Bertz CT molecular complexity index is 415. The molecule has 1 aromatic rings. The van der Waals surface area contributed by atoms with Crippen molar-refractivity contribution < 1.29 is 9.59 Å². The van der Waals surface area contributed by atoms with Crippen LogP contribution in [0.15, 0.2) is 43.0 Å². The van der Waals surface area contributed by atoms with Crippen molar-refractivity contribution in [3.05, 3.63) is 48.6 Å². The smallest absolute Gasteiger partial charge is 0.232 e. The summed E-state index contributed by atoms with van der Waals surface area (Å²) < 4.78 is 0. The third-order valence-corrected chi connectivity index (χ3v) is 2.44. The Hall–Kier alpha value is -2.10. The Morgan fingerprint density at radius 2 is 2.00 bits per heavy atom. The maximum Gasteiger partial charge on any atom is 0.232 e.